The third kappa shape index (κ3) is 4.39. The van der Waals surface area contributed by atoms with Crippen LogP contribution in [0.3, 0.4) is 0 Å². The van der Waals surface area contributed by atoms with Crippen molar-refractivity contribution in [3.05, 3.63) is 58.9 Å². The monoisotopic (exact) mass is 390 g/mol. The van der Waals surface area contributed by atoms with E-state index in [1.165, 1.54) is 18.1 Å². The minimum absolute atomic E-state index is 0.112. The Morgan fingerprint density at radius 1 is 1.33 bits per heavy atom. The van der Waals surface area contributed by atoms with Gasteiger partial charge in [-0.25, -0.2) is 4.39 Å². The molecule has 0 bridgehead atoms. The number of hydrogen-bond acceptors (Lipinski definition) is 3. The van der Waals surface area contributed by atoms with E-state index in [0.29, 0.717) is 35.0 Å². The highest BCUT2D eigenvalue weighted by atomic mass is 35.5. The summed E-state index contributed by atoms with van der Waals surface area (Å²) in [5.74, 6) is -0.620. The molecule has 1 unspecified atom stereocenters. The molecule has 0 radical (unpaired) electrons. The lowest BCUT2D eigenvalue weighted by molar-refractivity contribution is -0.126. The topological polar surface area (TPSA) is 58.6 Å². The van der Waals surface area contributed by atoms with Gasteiger partial charge in [0.25, 0.3) is 0 Å². The zero-order valence-electron chi connectivity index (χ0n) is 14.9. The minimum Gasteiger partial charge on any atom is -0.495 e. The number of benzene rings is 2. The maximum absolute atomic E-state index is 13.6. The van der Waals surface area contributed by atoms with Crippen LogP contribution in [0.1, 0.15) is 12.0 Å². The number of anilines is 1. The molecule has 0 aromatic heterocycles. The zero-order chi connectivity index (χ0) is 19.4. The first kappa shape index (κ1) is 19.2. The van der Waals surface area contributed by atoms with Gasteiger partial charge in [-0.2, -0.15) is 0 Å². The average Bonchev–Trinajstić information content (AvgIpc) is 3.05. The first-order chi connectivity index (χ1) is 13.0. The second kappa shape index (κ2) is 8.39. The minimum atomic E-state index is -0.471. The molecule has 2 aromatic rings. The van der Waals surface area contributed by atoms with Crippen LogP contribution in [0.2, 0.25) is 5.02 Å². The molecule has 7 heteroatoms. The number of methoxy groups -OCH3 is 1. The maximum Gasteiger partial charge on any atom is 0.227 e. The van der Waals surface area contributed by atoms with Crippen molar-refractivity contribution in [2.75, 3.05) is 25.1 Å². The summed E-state index contributed by atoms with van der Waals surface area (Å²) >= 11 is 6.03. The molecule has 27 heavy (non-hydrogen) atoms. The number of carbonyl (C=O) groups excluding carboxylic acids is 2. The van der Waals surface area contributed by atoms with Gasteiger partial charge in [0.15, 0.2) is 0 Å². The molecule has 142 valence electrons. The van der Waals surface area contributed by atoms with Crippen molar-refractivity contribution >= 4 is 29.1 Å². The summed E-state index contributed by atoms with van der Waals surface area (Å²) in [5, 5.41) is 3.27. The number of ether oxygens (including phenoxy) is 1. The predicted octanol–water partition coefficient (Wildman–Crippen LogP) is 3.20. The van der Waals surface area contributed by atoms with Crippen molar-refractivity contribution in [3.63, 3.8) is 0 Å². The molecule has 2 aromatic carbocycles. The van der Waals surface area contributed by atoms with Crippen LogP contribution in [0.5, 0.6) is 5.75 Å². The second-order valence-electron chi connectivity index (χ2n) is 6.35. The molecule has 5 nitrogen and oxygen atoms in total. The van der Waals surface area contributed by atoms with Gasteiger partial charge in [0.05, 0.1) is 18.7 Å². The van der Waals surface area contributed by atoms with Gasteiger partial charge in [-0.05, 0) is 36.2 Å². The Morgan fingerprint density at radius 2 is 2.11 bits per heavy atom. The highest BCUT2D eigenvalue weighted by molar-refractivity contribution is 6.31. The van der Waals surface area contributed by atoms with E-state index in [0.717, 1.165) is 0 Å². The van der Waals surface area contributed by atoms with Gasteiger partial charge >= 0.3 is 0 Å². The van der Waals surface area contributed by atoms with E-state index >= 15 is 0 Å². The smallest absolute Gasteiger partial charge is 0.227 e. The van der Waals surface area contributed by atoms with Crippen LogP contribution in [-0.2, 0) is 16.0 Å². The van der Waals surface area contributed by atoms with Gasteiger partial charge < -0.3 is 15.0 Å². The Morgan fingerprint density at radius 3 is 2.85 bits per heavy atom. The van der Waals surface area contributed by atoms with Crippen LogP contribution in [0, 0.1) is 11.7 Å². The molecule has 1 aliphatic heterocycles. The Labute approximate surface area is 162 Å². The van der Waals surface area contributed by atoms with E-state index < -0.39 is 5.92 Å². The summed E-state index contributed by atoms with van der Waals surface area (Å²) in [4.78, 5) is 26.3. The second-order valence-corrected chi connectivity index (χ2v) is 6.79. The largest absolute Gasteiger partial charge is 0.495 e. The lowest BCUT2D eigenvalue weighted by Crippen LogP contribution is -2.34. The van der Waals surface area contributed by atoms with Crippen LogP contribution in [0.4, 0.5) is 10.1 Å². The molecule has 1 saturated heterocycles. The number of halogens is 2. The van der Waals surface area contributed by atoms with Crippen molar-refractivity contribution in [3.8, 4) is 5.75 Å². The Hall–Kier alpha value is -2.60. The summed E-state index contributed by atoms with van der Waals surface area (Å²) in [6, 6.07) is 11.5. The van der Waals surface area contributed by atoms with E-state index in [4.69, 9.17) is 16.3 Å². The predicted molar refractivity (Wildman–Crippen MR) is 102 cm³/mol. The van der Waals surface area contributed by atoms with Crippen LogP contribution in [0.25, 0.3) is 0 Å². The zero-order valence-corrected chi connectivity index (χ0v) is 15.6. The summed E-state index contributed by atoms with van der Waals surface area (Å²) in [6.45, 7) is 0.562. The van der Waals surface area contributed by atoms with Crippen LogP contribution in [-0.4, -0.2) is 32.0 Å². The van der Waals surface area contributed by atoms with Gasteiger partial charge in [-0.1, -0.05) is 29.8 Å². The molecule has 1 aliphatic rings. The van der Waals surface area contributed by atoms with E-state index in [1.54, 1.807) is 36.4 Å². The Bertz CT molecular complexity index is 859. The molecular formula is C20H20ClFN2O3. The number of amides is 2. The van der Waals surface area contributed by atoms with Gasteiger partial charge in [-0.3, -0.25) is 9.59 Å². The highest BCUT2D eigenvalue weighted by Crippen LogP contribution is 2.35. The summed E-state index contributed by atoms with van der Waals surface area (Å²) in [6.07, 6.45) is 0.506. The van der Waals surface area contributed by atoms with Gasteiger partial charge in [0.1, 0.15) is 11.6 Å². The molecule has 1 atom stereocenters. The van der Waals surface area contributed by atoms with Crippen molar-refractivity contribution in [2.24, 2.45) is 5.92 Å². The summed E-state index contributed by atoms with van der Waals surface area (Å²) in [7, 11) is 1.51. The molecule has 0 saturated carbocycles. The van der Waals surface area contributed by atoms with Gasteiger partial charge in [-0.15, -0.1) is 0 Å². The number of rotatable bonds is 6. The summed E-state index contributed by atoms with van der Waals surface area (Å²) in [5.41, 5.74) is 1.10. The van der Waals surface area contributed by atoms with E-state index in [2.05, 4.69) is 5.32 Å². The molecular weight excluding hydrogens is 371 g/mol. The standard InChI is InChI=1S/C20H20ClFN2O3/c1-27-18-7-6-15(21)11-17(18)24-12-14(10-19(24)25)20(26)23-9-8-13-4-2-3-5-16(13)22/h2-7,11,14H,8-10,12H2,1H3,(H,23,26). The van der Waals surface area contributed by atoms with Crippen molar-refractivity contribution in [2.45, 2.75) is 12.8 Å². The third-order valence-corrected chi connectivity index (χ3v) is 4.81. The molecule has 0 aliphatic carbocycles. The fourth-order valence-electron chi connectivity index (χ4n) is 3.16. The molecule has 3 rings (SSSR count). The fourth-order valence-corrected chi connectivity index (χ4v) is 3.32. The average molecular weight is 391 g/mol. The van der Waals surface area contributed by atoms with E-state index in [9.17, 15) is 14.0 Å². The van der Waals surface area contributed by atoms with Gasteiger partial charge in [0.2, 0.25) is 11.8 Å². The highest BCUT2D eigenvalue weighted by Gasteiger charge is 2.36. The van der Waals surface area contributed by atoms with E-state index in [-0.39, 0.29) is 30.6 Å². The molecule has 0 spiro atoms. The lowest BCUT2D eigenvalue weighted by atomic mass is 10.1. The fraction of sp³-hybridized carbons (Fsp3) is 0.300. The maximum atomic E-state index is 13.6. The Balaban J connectivity index is 1.61. The molecule has 1 fully saturated rings. The van der Waals surface area contributed by atoms with Gasteiger partial charge in [0, 0.05) is 24.5 Å². The number of nitrogens with one attached hydrogen (secondary N) is 1. The molecule has 1 heterocycles. The quantitative estimate of drug-likeness (QED) is 0.824. The van der Waals surface area contributed by atoms with Crippen LogP contribution in [0.15, 0.2) is 42.5 Å². The van der Waals surface area contributed by atoms with Crippen LogP contribution < -0.4 is 15.0 Å². The van der Waals surface area contributed by atoms with Crippen molar-refractivity contribution in [1.29, 1.82) is 0 Å². The number of hydrogen-bond donors (Lipinski definition) is 1. The van der Waals surface area contributed by atoms with Crippen molar-refractivity contribution < 1.29 is 18.7 Å². The number of nitrogens with zero attached hydrogens (tertiary/aromatic N) is 1. The molecule has 1 N–H and O–H groups in total. The Kier molecular flexibility index (Phi) is 5.96. The first-order valence-corrected chi connectivity index (χ1v) is 9.02. The summed E-state index contributed by atoms with van der Waals surface area (Å²) < 4.78 is 18.9. The third-order valence-electron chi connectivity index (χ3n) is 4.58. The molecule has 2 amide bonds. The van der Waals surface area contributed by atoms with Crippen LogP contribution >= 0.6 is 11.6 Å². The normalized spacial score (nSPS) is 16.5. The first-order valence-electron chi connectivity index (χ1n) is 8.64. The van der Waals surface area contributed by atoms with E-state index in [1.807, 2.05) is 0 Å². The van der Waals surface area contributed by atoms with Crippen molar-refractivity contribution in [1.82, 2.24) is 5.32 Å². The lowest BCUT2D eigenvalue weighted by Gasteiger charge is -2.20. The number of carbonyl (C=O) groups is 2. The SMILES string of the molecule is COc1ccc(Cl)cc1N1CC(C(=O)NCCc2ccccc2F)CC1=O.